The second-order valence-electron chi connectivity index (χ2n) is 5.41. The molecule has 2 heterocycles. The van der Waals surface area contributed by atoms with Crippen molar-refractivity contribution >= 4 is 16.8 Å². The van der Waals surface area contributed by atoms with Gasteiger partial charge in [0.2, 0.25) is 5.91 Å². The van der Waals surface area contributed by atoms with E-state index < -0.39 is 0 Å². The lowest BCUT2D eigenvalue weighted by Crippen LogP contribution is -2.33. The molecule has 1 saturated heterocycles. The second kappa shape index (κ2) is 4.66. The number of hydrogen-bond acceptors (Lipinski definition) is 3. The van der Waals surface area contributed by atoms with Gasteiger partial charge in [-0.15, -0.1) is 0 Å². The van der Waals surface area contributed by atoms with E-state index in [1.165, 1.54) is 0 Å². The predicted molar refractivity (Wildman–Crippen MR) is 73.5 cm³/mol. The minimum Gasteiger partial charge on any atom is -0.341 e. The SMILES string of the molecule is CC1CN(C(=O)Cc2ccc3cn[nH]c3c2)CC1N. The van der Waals surface area contributed by atoms with Gasteiger partial charge in [-0.1, -0.05) is 19.1 Å². The summed E-state index contributed by atoms with van der Waals surface area (Å²) >= 11 is 0. The molecule has 1 aliphatic heterocycles. The number of carbonyl (C=O) groups excluding carboxylic acids is 1. The Morgan fingerprint density at radius 2 is 2.37 bits per heavy atom. The number of fused-ring (bicyclic) bond motifs is 1. The van der Waals surface area contributed by atoms with Gasteiger partial charge in [0.1, 0.15) is 0 Å². The van der Waals surface area contributed by atoms with Crippen molar-refractivity contribution in [2.24, 2.45) is 11.7 Å². The summed E-state index contributed by atoms with van der Waals surface area (Å²) in [5.74, 6) is 0.540. The molecule has 0 bridgehead atoms. The fourth-order valence-electron chi connectivity index (χ4n) is 2.58. The Kier molecular flexibility index (Phi) is 2.98. The van der Waals surface area contributed by atoms with Crippen LogP contribution < -0.4 is 5.73 Å². The summed E-state index contributed by atoms with van der Waals surface area (Å²) in [6.07, 6.45) is 2.20. The Bertz CT molecular complexity index is 596. The van der Waals surface area contributed by atoms with Crippen LogP contribution in [-0.4, -0.2) is 40.1 Å². The summed E-state index contributed by atoms with van der Waals surface area (Å²) in [6.45, 7) is 3.53. The normalized spacial score (nSPS) is 23.2. The number of nitrogens with one attached hydrogen (secondary N) is 1. The average molecular weight is 258 g/mol. The van der Waals surface area contributed by atoms with E-state index in [1.807, 2.05) is 23.1 Å². The minimum atomic E-state index is 0.110. The summed E-state index contributed by atoms with van der Waals surface area (Å²) < 4.78 is 0. The van der Waals surface area contributed by atoms with Crippen LogP contribution in [-0.2, 0) is 11.2 Å². The molecule has 1 aromatic carbocycles. The molecule has 0 radical (unpaired) electrons. The molecule has 1 aromatic heterocycles. The van der Waals surface area contributed by atoms with Crippen molar-refractivity contribution in [2.45, 2.75) is 19.4 Å². The molecule has 100 valence electrons. The number of aromatic amines is 1. The van der Waals surface area contributed by atoms with Crippen LogP contribution in [0.5, 0.6) is 0 Å². The summed E-state index contributed by atoms with van der Waals surface area (Å²) in [6, 6.07) is 6.06. The third-order valence-electron chi connectivity index (χ3n) is 3.88. The number of aromatic nitrogens is 2. The van der Waals surface area contributed by atoms with E-state index in [0.29, 0.717) is 18.9 Å². The Morgan fingerprint density at radius 3 is 3.11 bits per heavy atom. The molecule has 2 aromatic rings. The number of nitrogens with two attached hydrogens (primary N) is 1. The molecule has 5 nitrogen and oxygen atoms in total. The van der Waals surface area contributed by atoms with Crippen molar-refractivity contribution in [3.05, 3.63) is 30.0 Å². The monoisotopic (exact) mass is 258 g/mol. The van der Waals surface area contributed by atoms with Gasteiger partial charge in [0.25, 0.3) is 0 Å². The number of rotatable bonds is 2. The zero-order chi connectivity index (χ0) is 13.4. The first kappa shape index (κ1) is 12.2. The van der Waals surface area contributed by atoms with E-state index in [1.54, 1.807) is 6.20 Å². The first-order valence-corrected chi connectivity index (χ1v) is 6.59. The van der Waals surface area contributed by atoms with Gasteiger partial charge < -0.3 is 10.6 Å². The molecule has 3 rings (SSSR count). The van der Waals surface area contributed by atoms with Crippen molar-refractivity contribution in [1.82, 2.24) is 15.1 Å². The number of nitrogens with zero attached hydrogens (tertiary/aromatic N) is 2. The van der Waals surface area contributed by atoms with Crippen molar-refractivity contribution < 1.29 is 4.79 Å². The first-order chi connectivity index (χ1) is 9.13. The Hall–Kier alpha value is -1.88. The van der Waals surface area contributed by atoms with Gasteiger partial charge >= 0.3 is 0 Å². The molecule has 0 spiro atoms. The Labute approximate surface area is 111 Å². The van der Waals surface area contributed by atoms with Crippen molar-refractivity contribution in [3.63, 3.8) is 0 Å². The maximum Gasteiger partial charge on any atom is 0.227 e. The quantitative estimate of drug-likeness (QED) is 0.840. The Balaban J connectivity index is 1.72. The van der Waals surface area contributed by atoms with Crippen LogP contribution >= 0.6 is 0 Å². The number of amides is 1. The van der Waals surface area contributed by atoms with Crippen LogP contribution in [0.3, 0.4) is 0 Å². The highest BCUT2D eigenvalue weighted by molar-refractivity contribution is 5.83. The summed E-state index contributed by atoms with van der Waals surface area (Å²) in [5, 5.41) is 7.97. The van der Waals surface area contributed by atoms with Crippen LogP contribution in [0.1, 0.15) is 12.5 Å². The van der Waals surface area contributed by atoms with Gasteiger partial charge in [0.15, 0.2) is 0 Å². The van der Waals surface area contributed by atoms with E-state index in [0.717, 1.165) is 23.0 Å². The lowest BCUT2D eigenvalue weighted by molar-refractivity contribution is -0.129. The molecule has 1 fully saturated rings. The summed E-state index contributed by atoms with van der Waals surface area (Å²) in [5.41, 5.74) is 7.93. The number of likely N-dealkylation sites (tertiary alicyclic amines) is 1. The van der Waals surface area contributed by atoms with E-state index >= 15 is 0 Å². The Morgan fingerprint density at radius 1 is 1.53 bits per heavy atom. The molecule has 1 aliphatic rings. The standard InChI is InChI=1S/C14H18N4O/c1-9-7-18(8-12(9)15)14(19)5-10-2-3-11-6-16-17-13(11)4-10/h2-4,6,9,12H,5,7-8,15H2,1H3,(H,16,17). The molecule has 2 atom stereocenters. The minimum absolute atomic E-state index is 0.110. The van der Waals surface area contributed by atoms with E-state index in [-0.39, 0.29) is 11.9 Å². The molecule has 2 unspecified atom stereocenters. The zero-order valence-electron chi connectivity index (χ0n) is 11.0. The smallest absolute Gasteiger partial charge is 0.227 e. The lowest BCUT2D eigenvalue weighted by atomic mass is 10.1. The van der Waals surface area contributed by atoms with Crippen LogP contribution in [0.25, 0.3) is 10.9 Å². The van der Waals surface area contributed by atoms with E-state index in [2.05, 4.69) is 17.1 Å². The molecule has 1 amide bonds. The van der Waals surface area contributed by atoms with Crippen LogP contribution in [0.15, 0.2) is 24.4 Å². The van der Waals surface area contributed by atoms with Crippen LogP contribution in [0.4, 0.5) is 0 Å². The van der Waals surface area contributed by atoms with Gasteiger partial charge in [-0.2, -0.15) is 5.10 Å². The number of hydrogen-bond donors (Lipinski definition) is 2. The largest absolute Gasteiger partial charge is 0.341 e. The number of benzene rings is 1. The van der Waals surface area contributed by atoms with Crippen molar-refractivity contribution in [1.29, 1.82) is 0 Å². The summed E-state index contributed by atoms with van der Waals surface area (Å²) in [4.78, 5) is 14.1. The predicted octanol–water partition coefficient (Wildman–Crippen LogP) is 0.911. The molecule has 0 aliphatic carbocycles. The summed E-state index contributed by atoms with van der Waals surface area (Å²) in [7, 11) is 0. The average Bonchev–Trinajstić information content (AvgIpc) is 2.96. The topological polar surface area (TPSA) is 75.0 Å². The molecular formula is C14H18N4O. The molecule has 3 N–H and O–H groups in total. The van der Waals surface area contributed by atoms with E-state index in [4.69, 9.17) is 5.73 Å². The van der Waals surface area contributed by atoms with Gasteiger partial charge in [0, 0.05) is 24.5 Å². The maximum atomic E-state index is 12.2. The highest BCUT2D eigenvalue weighted by Gasteiger charge is 2.29. The van der Waals surface area contributed by atoms with Gasteiger partial charge in [-0.25, -0.2) is 0 Å². The third-order valence-corrected chi connectivity index (χ3v) is 3.88. The molecule has 5 heteroatoms. The lowest BCUT2D eigenvalue weighted by Gasteiger charge is -2.15. The van der Waals surface area contributed by atoms with Crippen molar-refractivity contribution in [2.75, 3.05) is 13.1 Å². The first-order valence-electron chi connectivity index (χ1n) is 6.59. The van der Waals surface area contributed by atoms with Crippen LogP contribution in [0.2, 0.25) is 0 Å². The number of H-pyrrole nitrogens is 1. The molecular weight excluding hydrogens is 240 g/mol. The maximum absolute atomic E-state index is 12.2. The zero-order valence-corrected chi connectivity index (χ0v) is 11.0. The van der Waals surface area contributed by atoms with Gasteiger partial charge in [-0.05, 0) is 17.5 Å². The van der Waals surface area contributed by atoms with Crippen LogP contribution in [0, 0.1) is 5.92 Å². The van der Waals surface area contributed by atoms with Gasteiger partial charge in [-0.3, -0.25) is 9.89 Å². The third kappa shape index (κ3) is 2.33. The second-order valence-corrected chi connectivity index (χ2v) is 5.41. The molecule has 19 heavy (non-hydrogen) atoms. The fourth-order valence-corrected chi connectivity index (χ4v) is 2.58. The fraction of sp³-hybridized carbons (Fsp3) is 0.429. The van der Waals surface area contributed by atoms with Crippen molar-refractivity contribution in [3.8, 4) is 0 Å². The van der Waals surface area contributed by atoms with Gasteiger partial charge in [0.05, 0.1) is 18.1 Å². The highest BCUT2D eigenvalue weighted by Crippen LogP contribution is 2.17. The number of carbonyl (C=O) groups is 1. The van der Waals surface area contributed by atoms with E-state index in [9.17, 15) is 4.79 Å². The molecule has 0 saturated carbocycles. The highest BCUT2D eigenvalue weighted by atomic mass is 16.2.